The van der Waals surface area contributed by atoms with Crippen LogP contribution in [-0.2, 0) is 6.54 Å². The molecular weight excluding hydrogens is 296 g/mol. The van der Waals surface area contributed by atoms with Gasteiger partial charge in [0.25, 0.3) is 5.91 Å². The van der Waals surface area contributed by atoms with Crippen molar-refractivity contribution in [2.24, 2.45) is 11.1 Å². The van der Waals surface area contributed by atoms with Crippen LogP contribution in [-0.4, -0.2) is 23.9 Å². The fourth-order valence-electron chi connectivity index (χ4n) is 3.95. The Labute approximate surface area is 139 Å². The number of hydrogen-bond acceptors (Lipinski definition) is 2. The molecule has 1 spiro atoms. The Kier molecular flexibility index (Phi) is 5.87. The molecule has 122 valence electrons. The lowest BCUT2D eigenvalue weighted by molar-refractivity contribution is 0.0472. The fourth-order valence-corrected chi connectivity index (χ4v) is 3.95. The molecule has 1 aliphatic heterocycles. The van der Waals surface area contributed by atoms with Gasteiger partial charge in [-0.05, 0) is 48.8 Å². The first-order chi connectivity index (χ1) is 10.2. The molecule has 1 heterocycles. The minimum absolute atomic E-state index is 0. The molecule has 22 heavy (non-hydrogen) atoms. The quantitative estimate of drug-likeness (QED) is 0.901. The molecule has 1 aliphatic carbocycles. The third-order valence-electron chi connectivity index (χ3n) is 5.46. The van der Waals surface area contributed by atoms with Crippen molar-refractivity contribution in [2.45, 2.75) is 51.5 Å². The summed E-state index contributed by atoms with van der Waals surface area (Å²) in [7, 11) is 0. The Morgan fingerprint density at radius 1 is 1.00 bits per heavy atom. The lowest BCUT2D eigenvalue weighted by atomic mass is 9.68. The maximum Gasteiger partial charge on any atom is 0.253 e. The first-order valence-electron chi connectivity index (χ1n) is 8.31. The second kappa shape index (κ2) is 7.47. The predicted octanol–water partition coefficient (Wildman–Crippen LogP) is 3.75. The molecule has 0 unspecified atom stereocenters. The highest BCUT2D eigenvalue weighted by atomic mass is 35.5. The second-order valence-electron chi connectivity index (χ2n) is 6.75. The average Bonchev–Trinajstić information content (AvgIpc) is 2.56. The van der Waals surface area contributed by atoms with Crippen molar-refractivity contribution in [2.75, 3.05) is 13.1 Å². The van der Waals surface area contributed by atoms with Crippen molar-refractivity contribution in [3.63, 3.8) is 0 Å². The highest BCUT2D eigenvalue weighted by molar-refractivity contribution is 5.94. The molecule has 1 saturated carbocycles. The van der Waals surface area contributed by atoms with E-state index in [9.17, 15) is 4.79 Å². The summed E-state index contributed by atoms with van der Waals surface area (Å²) >= 11 is 0. The van der Waals surface area contributed by atoms with Crippen LogP contribution < -0.4 is 5.73 Å². The van der Waals surface area contributed by atoms with Gasteiger partial charge in [-0.3, -0.25) is 4.79 Å². The van der Waals surface area contributed by atoms with Crippen molar-refractivity contribution < 1.29 is 4.79 Å². The van der Waals surface area contributed by atoms with E-state index in [-0.39, 0.29) is 18.3 Å². The van der Waals surface area contributed by atoms with Crippen molar-refractivity contribution >= 4 is 18.3 Å². The number of benzene rings is 1. The molecule has 1 amide bonds. The Hall–Kier alpha value is -1.06. The molecule has 2 aliphatic rings. The Morgan fingerprint density at radius 2 is 1.59 bits per heavy atom. The minimum atomic E-state index is 0. The Balaban J connectivity index is 0.00000176. The lowest BCUT2D eigenvalue weighted by Crippen LogP contribution is -2.43. The summed E-state index contributed by atoms with van der Waals surface area (Å²) in [6.45, 7) is 2.38. The highest BCUT2D eigenvalue weighted by Crippen LogP contribution is 2.44. The van der Waals surface area contributed by atoms with Crippen LogP contribution in [0.25, 0.3) is 0 Å². The Bertz CT molecular complexity index is 484. The number of carbonyl (C=O) groups is 1. The maximum absolute atomic E-state index is 12.6. The summed E-state index contributed by atoms with van der Waals surface area (Å²) in [6, 6.07) is 7.74. The molecule has 0 bridgehead atoms. The number of halogens is 1. The van der Waals surface area contributed by atoms with Gasteiger partial charge in [0.15, 0.2) is 0 Å². The van der Waals surface area contributed by atoms with Crippen LogP contribution in [0, 0.1) is 5.41 Å². The monoisotopic (exact) mass is 322 g/mol. The van der Waals surface area contributed by atoms with Gasteiger partial charge in [0.1, 0.15) is 0 Å². The van der Waals surface area contributed by atoms with E-state index in [0.717, 1.165) is 24.2 Å². The number of rotatable bonds is 2. The van der Waals surface area contributed by atoms with Crippen LogP contribution >= 0.6 is 12.4 Å². The zero-order chi connectivity index (χ0) is 14.7. The number of likely N-dealkylation sites (tertiary alicyclic amines) is 1. The van der Waals surface area contributed by atoms with E-state index in [2.05, 4.69) is 0 Å². The first kappa shape index (κ1) is 17.3. The van der Waals surface area contributed by atoms with Gasteiger partial charge in [-0.1, -0.05) is 31.4 Å². The number of nitrogens with zero attached hydrogens (tertiary/aromatic N) is 1. The van der Waals surface area contributed by atoms with Crippen LogP contribution in [0.3, 0.4) is 0 Å². The van der Waals surface area contributed by atoms with Crippen LogP contribution in [0.15, 0.2) is 24.3 Å². The average molecular weight is 323 g/mol. The van der Waals surface area contributed by atoms with E-state index in [1.54, 1.807) is 0 Å². The minimum Gasteiger partial charge on any atom is -0.339 e. The highest BCUT2D eigenvalue weighted by Gasteiger charge is 2.36. The third-order valence-corrected chi connectivity index (χ3v) is 5.46. The topological polar surface area (TPSA) is 46.3 Å². The second-order valence-corrected chi connectivity index (χ2v) is 6.75. The number of hydrogen-bond donors (Lipinski definition) is 1. The van der Waals surface area contributed by atoms with Gasteiger partial charge in [-0.2, -0.15) is 0 Å². The van der Waals surface area contributed by atoms with Gasteiger partial charge in [0.2, 0.25) is 0 Å². The van der Waals surface area contributed by atoms with Crippen LogP contribution in [0.5, 0.6) is 0 Å². The van der Waals surface area contributed by atoms with E-state index >= 15 is 0 Å². The van der Waals surface area contributed by atoms with Crippen LogP contribution in [0.4, 0.5) is 0 Å². The maximum atomic E-state index is 12.6. The number of nitrogens with two attached hydrogens (primary N) is 1. The molecule has 0 atom stereocenters. The predicted molar refractivity (Wildman–Crippen MR) is 92.2 cm³/mol. The number of piperidine rings is 1. The zero-order valence-corrected chi connectivity index (χ0v) is 14.0. The van der Waals surface area contributed by atoms with Crippen molar-refractivity contribution in [1.82, 2.24) is 4.90 Å². The molecule has 1 saturated heterocycles. The number of amides is 1. The summed E-state index contributed by atoms with van der Waals surface area (Å²) in [5.74, 6) is 0.184. The molecule has 1 aromatic carbocycles. The van der Waals surface area contributed by atoms with Gasteiger partial charge < -0.3 is 10.6 Å². The molecule has 2 fully saturated rings. The SMILES string of the molecule is Cl.NCc1ccc(C(=O)N2CCC3(CCCCC3)CC2)cc1. The summed E-state index contributed by atoms with van der Waals surface area (Å²) in [5.41, 5.74) is 8.03. The van der Waals surface area contributed by atoms with Gasteiger partial charge in [-0.15, -0.1) is 12.4 Å². The van der Waals surface area contributed by atoms with E-state index < -0.39 is 0 Å². The van der Waals surface area contributed by atoms with Crippen LogP contribution in [0.2, 0.25) is 0 Å². The summed E-state index contributed by atoms with van der Waals surface area (Å²) < 4.78 is 0. The van der Waals surface area contributed by atoms with Gasteiger partial charge in [-0.25, -0.2) is 0 Å². The van der Waals surface area contributed by atoms with E-state index in [1.165, 1.54) is 44.9 Å². The molecule has 1 aromatic rings. The smallest absolute Gasteiger partial charge is 0.253 e. The third kappa shape index (κ3) is 3.64. The molecule has 4 heteroatoms. The van der Waals surface area contributed by atoms with Gasteiger partial charge in [0, 0.05) is 25.2 Å². The van der Waals surface area contributed by atoms with E-state index in [1.807, 2.05) is 29.2 Å². The molecule has 0 radical (unpaired) electrons. The molecule has 0 aromatic heterocycles. The Morgan fingerprint density at radius 3 is 2.14 bits per heavy atom. The van der Waals surface area contributed by atoms with Crippen molar-refractivity contribution in [3.05, 3.63) is 35.4 Å². The van der Waals surface area contributed by atoms with Gasteiger partial charge in [0.05, 0.1) is 0 Å². The largest absolute Gasteiger partial charge is 0.339 e. The van der Waals surface area contributed by atoms with E-state index in [4.69, 9.17) is 5.73 Å². The fraction of sp³-hybridized carbons (Fsp3) is 0.611. The summed E-state index contributed by atoms with van der Waals surface area (Å²) in [4.78, 5) is 14.6. The zero-order valence-electron chi connectivity index (χ0n) is 13.2. The van der Waals surface area contributed by atoms with Crippen molar-refractivity contribution in [3.8, 4) is 0 Å². The summed E-state index contributed by atoms with van der Waals surface area (Å²) in [5, 5.41) is 0. The van der Waals surface area contributed by atoms with Gasteiger partial charge >= 0.3 is 0 Å². The number of carbonyl (C=O) groups excluding carboxylic acids is 1. The normalized spacial score (nSPS) is 20.5. The van der Waals surface area contributed by atoms with Crippen molar-refractivity contribution in [1.29, 1.82) is 0 Å². The van der Waals surface area contributed by atoms with Crippen LogP contribution in [0.1, 0.15) is 60.9 Å². The molecule has 3 nitrogen and oxygen atoms in total. The standard InChI is InChI=1S/C18H26N2O.ClH/c19-14-15-4-6-16(7-5-15)17(21)20-12-10-18(11-13-20)8-2-1-3-9-18;/h4-7H,1-3,8-14,19H2;1H. The molecule has 2 N–H and O–H groups in total. The summed E-state index contributed by atoms with van der Waals surface area (Å²) in [6.07, 6.45) is 9.31. The lowest BCUT2D eigenvalue weighted by Gasteiger charge is -2.44. The molecular formula is C18H27ClN2O. The molecule has 3 rings (SSSR count). The van der Waals surface area contributed by atoms with E-state index in [0.29, 0.717) is 12.0 Å². The first-order valence-corrected chi connectivity index (χ1v) is 8.31.